The van der Waals surface area contributed by atoms with Gasteiger partial charge in [0.1, 0.15) is 0 Å². The normalized spacial score (nSPS) is 19.7. The molecule has 0 radical (unpaired) electrons. The van der Waals surface area contributed by atoms with Crippen molar-refractivity contribution in [2.24, 2.45) is 0 Å². The second kappa shape index (κ2) is 8.32. The van der Waals surface area contributed by atoms with E-state index >= 15 is 0 Å². The van der Waals surface area contributed by atoms with Gasteiger partial charge in [0.2, 0.25) is 0 Å². The number of nitrogens with one attached hydrogen (secondary N) is 2. The molecule has 2 N–H and O–H groups in total. The Balaban J connectivity index is 1.53. The highest BCUT2D eigenvalue weighted by molar-refractivity contribution is 5.98. The van der Waals surface area contributed by atoms with E-state index in [1.807, 2.05) is 0 Å². The largest absolute Gasteiger partial charge is 0.349 e. The Labute approximate surface area is 144 Å². The summed E-state index contributed by atoms with van der Waals surface area (Å²) in [6.07, 6.45) is 11.7. The molecular weight excluding hydrogens is 300 g/mol. The summed E-state index contributed by atoms with van der Waals surface area (Å²) in [7, 11) is 0. The average Bonchev–Trinajstić information content (AvgIpc) is 2.63. The van der Waals surface area contributed by atoms with Gasteiger partial charge in [-0.3, -0.25) is 9.59 Å². The van der Waals surface area contributed by atoms with Crippen LogP contribution in [0.5, 0.6) is 0 Å². The predicted octanol–water partition coefficient (Wildman–Crippen LogP) is 3.81. The van der Waals surface area contributed by atoms with E-state index in [9.17, 15) is 9.59 Å². The summed E-state index contributed by atoms with van der Waals surface area (Å²) in [6.45, 7) is 0. The Hall–Kier alpha value is -1.84. The summed E-state index contributed by atoms with van der Waals surface area (Å²) in [5, 5.41) is 6.22. The molecule has 1 aromatic rings. The standard InChI is InChI=1S/C20H28N2O2/c23-19(21-17-7-3-1-4-8-17)15-11-13-16(14-12-15)20(24)22-18-9-5-2-6-10-18/h11-14,17-18H,1-10H2,(H,21,23)(H,22,24). The number of amides is 2. The summed E-state index contributed by atoms with van der Waals surface area (Å²) in [6, 6.07) is 7.64. The minimum Gasteiger partial charge on any atom is -0.349 e. The molecule has 0 heterocycles. The topological polar surface area (TPSA) is 58.2 Å². The fourth-order valence-electron chi connectivity index (χ4n) is 3.80. The third kappa shape index (κ3) is 4.59. The lowest BCUT2D eigenvalue weighted by molar-refractivity contribution is 0.0915. The van der Waals surface area contributed by atoms with Gasteiger partial charge in [0.25, 0.3) is 11.8 Å². The van der Waals surface area contributed by atoms with Gasteiger partial charge in [-0.05, 0) is 49.9 Å². The third-order valence-electron chi connectivity index (χ3n) is 5.29. The lowest BCUT2D eigenvalue weighted by atomic mass is 9.95. The Kier molecular flexibility index (Phi) is 5.89. The second-order valence-electron chi connectivity index (χ2n) is 7.19. The van der Waals surface area contributed by atoms with Crippen molar-refractivity contribution < 1.29 is 9.59 Å². The van der Waals surface area contributed by atoms with Gasteiger partial charge in [-0.15, -0.1) is 0 Å². The molecule has 0 spiro atoms. The van der Waals surface area contributed by atoms with Crippen molar-refractivity contribution in [3.63, 3.8) is 0 Å². The van der Waals surface area contributed by atoms with Gasteiger partial charge >= 0.3 is 0 Å². The summed E-state index contributed by atoms with van der Waals surface area (Å²) < 4.78 is 0. The van der Waals surface area contributed by atoms with Gasteiger partial charge < -0.3 is 10.6 Å². The van der Waals surface area contributed by atoms with Crippen LogP contribution >= 0.6 is 0 Å². The summed E-state index contributed by atoms with van der Waals surface area (Å²) in [4.78, 5) is 24.6. The zero-order valence-corrected chi connectivity index (χ0v) is 14.4. The molecule has 3 rings (SSSR count). The van der Waals surface area contributed by atoms with Crippen LogP contribution in [0.1, 0.15) is 84.9 Å². The van der Waals surface area contributed by atoms with E-state index < -0.39 is 0 Å². The van der Waals surface area contributed by atoms with E-state index in [0.717, 1.165) is 25.7 Å². The maximum absolute atomic E-state index is 12.3. The monoisotopic (exact) mass is 328 g/mol. The average molecular weight is 328 g/mol. The highest BCUT2D eigenvalue weighted by Gasteiger charge is 2.18. The van der Waals surface area contributed by atoms with Crippen LogP contribution in [0.2, 0.25) is 0 Å². The van der Waals surface area contributed by atoms with Crippen molar-refractivity contribution in [3.05, 3.63) is 35.4 Å². The number of carbonyl (C=O) groups excluding carboxylic acids is 2. The molecule has 2 aliphatic rings. The molecule has 130 valence electrons. The van der Waals surface area contributed by atoms with E-state index in [1.54, 1.807) is 24.3 Å². The molecule has 0 unspecified atom stereocenters. The molecule has 1 aromatic carbocycles. The van der Waals surface area contributed by atoms with Crippen molar-refractivity contribution >= 4 is 11.8 Å². The van der Waals surface area contributed by atoms with E-state index in [-0.39, 0.29) is 11.8 Å². The molecule has 2 saturated carbocycles. The Bertz CT molecular complexity index is 505. The highest BCUT2D eigenvalue weighted by Crippen LogP contribution is 2.19. The minimum atomic E-state index is -0.0267. The highest BCUT2D eigenvalue weighted by atomic mass is 16.2. The smallest absolute Gasteiger partial charge is 0.251 e. The van der Waals surface area contributed by atoms with Gasteiger partial charge in [0, 0.05) is 23.2 Å². The first-order valence-electron chi connectivity index (χ1n) is 9.44. The Morgan fingerprint density at radius 2 is 0.958 bits per heavy atom. The quantitative estimate of drug-likeness (QED) is 0.883. The number of carbonyl (C=O) groups is 2. The molecule has 0 aliphatic heterocycles. The molecule has 0 bridgehead atoms. The molecule has 2 fully saturated rings. The van der Waals surface area contributed by atoms with Crippen LogP contribution in [-0.2, 0) is 0 Å². The lowest BCUT2D eigenvalue weighted by Crippen LogP contribution is -2.37. The van der Waals surface area contributed by atoms with Crippen LogP contribution in [0.25, 0.3) is 0 Å². The number of rotatable bonds is 4. The van der Waals surface area contributed by atoms with E-state index in [4.69, 9.17) is 0 Å². The minimum absolute atomic E-state index is 0.0267. The van der Waals surface area contributed by atoms with Crippen LogP contribution < -0.4 is 10.6 Å². The zero-order chi connectivity index (χ0) is 16.8. The van der Waals surface area contributed by atoms with E-state index in [0.29, 0.717) is 23.2 Å². The summed E-state index contributed by atoms with van der Waals surface area (Å²) in [5.41, 5.74) is 1.27. The van der Waals surface area contributed by atoms with E-state index in [1.165, 1.54) is 38.5 Å². The number of hydrogen-bond donors (Lipinski definition) is 2. The van der Waals surface area contributed by atoms with Crippen LogP contribution in [-0.4, -0.2) is 23.9 Å². The lowest BCUT2D eigenvalue weighted by Gasteiger charge is -2.23. The molecule has 0 atom stereocenters. The van der Waals surface area contributed by atoms with Crippen molar-refractivity contribution in [1.29, 1.82) is 0 Å². The Morgan fingerprint density at radius 3 is 1.29 bits per heavy atom. The fraction of sp³-hybridized carbons (Fsp3) is 0.600. The summed E-state index contributed by atoms with van der Waals surface area (Å²) in [5.74, 6) is -0.0534. The molecular formula is C20H28N2O2. The predicted molar refractivity (Wildman–Crippen MR) is 95.1 cm³/mol. The SMILES string of the molecule is O=C(NC1CCCCC1)c1ccc(C(=O)NC2CCCCC2)cc1. The molecule has 0 saturated heterocycles. The first-order valence-corrected chi connectivity index (χ1v) is 9.44. The zero-order valence-electron chi connectivity index (χ0n) is 14.4. The molecule has 4 nitrogen and oxygen atoms in total. The number of benzene rings is 1. The van der Waals surface area contributed by atoms with Gasteiger partial charge in [-0.1, -0.05) is 38.5 Å². The number of hydrogen-bond acceptors (Lipinski definition) is 2. The van der Waals surface area contributed by atoms with Crippen LogP contribution in [0.3, 0.4) is 0 Å². The van der Waals surface area contributed by atoms with Crippen LogP contribution in [0, 0.1) is 0 Å². The molecule has 2 aliphatic carbocycles. The van der Waals surface area contributed by atoms with Crippen molar-refractivity contribution in [2.45, 2.75) is 76.3 Å². The third-order valence-corrected chi connectivity index (χ3v) is 5.29. The van der Waals surface area contributed by atoms with Crippen molar-refractivity contribution in [2.75, 3.05) is 0 Å². The van der Waals surface area contributed by atoms with Crippen molar-refractivity contribution in [1.82, 2.24) is 10.6 Å². The maximum Gasteiger partial charge on any atom is 0.251 e. The Morgan fingerprint density at radius 1 is 0.625 bits per heavy atom. The first-order chi connectivity index (χ1) is 11.7. The second-order valence-corrected chi connectivity index (χ2v) is 7.19. The van der Waals surface area contributed by atoms with Crippen molar-refractivity contribution in [3.8, 4) is 0 Å². The molecule has 2 amide bonds. The van der Waals surface area contributed by atoms with Gasteiger partial charge in [-0.2, -0.15) is 0 Å². The molecule has 0 aromatic heterocycles. The first kappa shape index (κ1) is 17.0. The van der Waals surface area contributed by atoms with E-state index in [2.05, 4.69) is 10.6 Å². The summed E-state index contributed by atoms with van der Waals surface area (Å²) >= 11 is 0. The maximum atomic E-state index is 12.3. The fourth-order valence-corrected chi connectivity index (χ4v) is 3.80. The van der Waals surface area contributed by atoms with Crippen LogP contribution in [0.15, 0.2) is 24.3 Å². The van der Waals surface area contributed by atoms with Gasteiger partial charge in [-0.25, -0.2) is 0 Å². The van der Waals surface area contributed by atoms with Gasteiger partial charge in [0.05, 0.1) is 0 Å². The van der Waals surface area contributed by atoms with Crippen LogP contribution in [0.4, 0.5) is 0 Å². The molecule has 4 heteroatoms. The van der Waals surface area contributed by atoms with Gasteiger partial charge in [0.15, 0.2) is 0 Å². The molecule has 24 heavy (non-hydrogen) atoms.